The number of nitrogens with zero attached hydrogens (tertiary/aromatic N) is 2. The van der Waals surface area contributed by atoms with Crippen LogP contribution in [-0.4, -0.2) is 30.4 Å². The summed E-state index contributed by atoms with van der Waals surface area (Å²) < 4.78 is 0. The lowest BCUT2D eigenvalue weighted by molar-refractivity contribution is -0.116. The van der Waals surface area contributed by atoms with Crippen LogP contribution in [0, 0.1) is 13.8 Å². The molecule has 0 aromatic carbocycles. The Hall–Kier alpha value is -1.68. The second kappa shape index (κ2) is 11.0. The molecule has 8 heteroatoms. The molecule has 0 fully saturated rings. The van der Waals surface area contributed by atoms with E-state index in [1.165, 1.54) is 9.75 Å². The number of anilines is 1. The molecule has 25 heavy (non-hydrogen) atoms. The maximum Gasteiger partial charge on any atom is 0.227 e. The Morgan fingerprint density at radius 3 is 2.60 bits per heavy atom. The number of carbonyl (C=O) groups is 1. The molecule has 0 saturated heterocycles. The Balaban J connectivity index is 0.00000312. The molecule has 0 atom stereocenters. The highest BCUT2D eigenvalue weighted by atomic mass is 127. The number of thiophene rings is 1. The van der Waals surface area contributed by atoms with Gasteiger partial charge < -0.3 is 16.0 Å². The van der Waals surface area contributed by atoms with E-state index >= 15 is 0 Å². The number of aryl methyl sites for hydroxylation is 2. The lowest BCUT2D eigenvalue weighted by Gasteiger charge is -2.11. The number of hydrogen-bond donors (Lipinski definition) is 3. The molecule has 2 heterocycles. The first-order chi connectivity index (χ1) is 11.6. The Morgan fingerprint density at radius 1 is 1.20 bits per heavy atom. The Labute approximate surface area is 169 Å². The van der Waals surface area contributed by atoms with Crippen LogP contribution in [0.1, 0.15) is 21.7 Å². The van der Waals surface area contributed by atoms with Crippen molar-refractivity contribution >= 4 is 53.0 Å². The first kappa shape index (κ1) is 21.4. The van der Waals surface area contributed by atoms with E-state index in [4.69, 9.17) is 0 Å². The van der Waals surface area contributed by atoms with Crippen molar-refractivity contribution in [1.82, 2.24) is 15.6 Å². The quantitative estimate of drug-likeness (QED) is 0.343. The maximum absolute atomic E-state index is 11.9. The molecule has 0 bridgehead atoms. The van der Waals surface area contributed by atoms with Gasteiger partial charge in [-0.25, -0.2) is 4.98 Å². The van der Waals surface area contributed by atoms with Crippen LogP contribution in [0.2, 0.25) is 0 Å². The van der Waals surface area contributed by atoms with E-state index in [0.29, 0.717) is 24.7 Å². The van der Waals surface area contributed by atoms with E-state index < -0.39 is 0 Å². The summed E-state index contributed by atoms with van der Waals surface area (Å²) in [4.78, 5) is 22.7. The van der Waals surface area contributed by atoms with Gasteiger partial charge in [0.1, 0.15) is 5.82 Å². The molecule has 0 saturated carbocycles. The van der Waals surface area contributed by atoms with Gasteiger partial charge in [0.2, 0.25) is 5.91 Å². The second-order valence-corrected chi connectivity index (χ2v) is 6.76. The van der Waals surface area contributed by atoms with Gasteiger partial charge in [-0.2, -0.15) is 0 Å². The van der Waals surface area contributed by atoms with Gasteiger partial charge in [-0.05, 0) is 37.6 Å². The number of carbonyl (C=O) groups excluding carboxylic acids is 1. The van der Waals surface area contributed by atoms with Crippen LogP contribution in [0.3, 0.4) is 0 Å². The highest BCUT2D eigenvalue weighted by Crippen LogP contribution is 2.14. The average molecular weight is 473 g/mol. The molecule has 0 aliphatic carbocycles. The number of nitrogens with one attached hydrogen (secondary N) is 3. The number of pyridine rings is 1. The summed E-state index contributed by atoms with van der Waals surface area (Å²) in [6.45, 7) is 5.26. The zero-order valence-electron chi connectivity index (χ0n) is 14.6. The van der Waals surface area contributed by atoms with Gasteiger partial charge in [0.05, 0.1) is 6.54 Å². The number of aromatic nitrogens is 1. The van der Waals surface area contributed by atoms with Crippen LogP contribution in [-0.2, 0) is 11.3 Å². The normalized spacial score (nSPS) is 10.8. The van der Waals surface area contributed by atoms with E-state index in [1.807, 2.05) is 13.0 Å². The number of aliphatic imine (C=N–C) groups is 1. The molecule has 0 unspecified atom stereocenters. The Morgan fingerprint density at radius 2 is 2.00 bits per heavy atom. The first-order valence-corrected chi connectivity index (χ1v) is 8.61. The van der Waals surface area contributed by atoms with E-state index in [-0.39, 0.29) is 29.9 Å². The van der Waals surface area contributed by atoms with Crippen molar-refractivity contribution in [3.05, 3.63) is 45.8 Å². The van der Waals surface area contributed by atoms with Gasteiger partial charge in [-0.3, -0.25) is 9.79 Å². The minimum absolute atomic E-state index is 0. The fourth-order valence-corrected chi connectivity index (χ4v) is 2.84. The first-order valence-electron chi connectivity index (χ1n) is 7.79. The third-order valence-electron chi connectivity index (χ3n) is 3.27. The highest BCUT2D eigenvalue weighted by molar-refractivity contribution is 14.0. The predicted octanol–water partition coefficient (Wildman–Crippen LogP) is 3.07. The van der Waals surface area contributed by atoms with Crippen molar-refractivity contribution in [1.29, 1.82) is 0 Å². The van der Waals surface area contributed by atoms with Crippen LogP contribution in [0.5, 0.6) is 0 Å². The molecule has 6 nitrogen and oxygen atoms in total. The zero-order valence-corrected chi connectivity index (χ0v) is 17.8. The van der Waals surface area contributed by atoms with Gasteiger partial charge >= 0.3 is 0 Å². The highest BCUT2D eigenvalue weighted by Gasteiger charge is 2.05. The second-order valence-electron chi connectivity index (χ2n) is 5.38. The van der Waals surface area contributed by atoms with Crippen molar-refractivity contribution in [3.63, 3.8) is 0 Å². The van der Waals surface area contributed by atoms with Crippen LogP contribution in [0.25, 0.3) is 0 Å². The number of amides is 1. The predicted molar refractivity (Wildman–Crippen MR) is 115 cm³/mol. The van der Waals surface area contributed by atoms with Gasteiger partial charge in [-0.1, -0.05) is 6.07 Å². The van der Waals surface area contributed by atoms with Crippen molar-refractivity contribution in [2.45, 2.75) is 26.8 Å². The van der Waals surface area contributed by atoms with Crippen molar-refractivity contribution in [3.8, 4) is 0 Å². The zero-order chi connectivity index (χ0) is 17.4. The number of rotatable bonds is 6. The largest absolute Gasteiger partial charge is 0.356 e. The van der Waals surface area contributed by atoms with Gasteiger partial charge in [0.25, 0.3) is 0 Å². The molecule has 1 amide bonds. The molecule has 0 aliphatic heterocycles. The molecule has 2 aromatic rings. The lowest BCUT2D eigenvalue weighted by atomic mass is 10.3. The van der Waals surface area contributed by atoms with Gasteiger partial charge in [0, 0.05) is 36.0 Å². The molecule has 0 aliphatic rings. The summed E-state index contributed by atoms with van der Waals surface area (Å²) in [5.41, 5.74) is 1.06. The molecule has 3 N–H and O–H groups in total. The van der Waals surface area contributed by atoms with Gasteiger partial charge in [-0.15, -0.1) is 35.3 Å². The Kier molecular flexibility index (Phi) is 9.43. The minimum Gasteiger partial charge on any atom is -0.356 e. The number of hydrogen-bond acceptors (Lipinski definition) is 4. The van der Waals surface area contributed by atoms with Crippen LogP contribution >= 0.6 is 35.3 Å². The van der Waals surface area contributed by atoms with E-state index in [9.17, 15) is 4.79 Å². The summed E-state index contributed by atoms with van der Waals surface area (Å²) in [6, 6.07) is 7.91. The third-order valence-corrected chi connectivity index (χ3v) is 4.27. The number of guanidine groups is 1. The molecular weight excluding hydrogens is 449 g/mol. The summed E-state index contributed by atoms with van der Waals surface area (Å²) in [5.74, 6) is 1.17. The Bertz CT molecular complexity index is 699. The summed E-state index contributed by atoms with van der Waals surface area (Å²) in [7, 11) is 1.71. The monoisotopic (exact) mass is 473 g/mol. The van der Waals surface area contributed by atoms with Crippen molar-refractivity contribution < 1.29 is 4.79 Å². The molecule has 0 radical (unpaired) electrons. The van der Waals surface area contributed by atoms with E-state index in [2.05, 4.69) is 45.0 Å². The van der Waals surface area contributed by atoms with Crippen LogP contribution in [0.4, 0.5) is 5.82 Å². The van der Waals surface area contributed by atoms with Crippen LogP contribution in [0.15, 0.2) is 35.5 Å². The third kappa shape index (κ3) is 7.82. The smallest absolute Gasteiger partial charge is 0.227 e. The standard InChI is InChI=1S/C17H23N5OS.HI/c1-12-4-7-15(20-10-12)22-16(23)8-9-19-17(18-3)21-11-14-6-5-13(2)24-14;/h4-7,10H,8-9,11H2,1-3H3,(H2,18,19,21)(H,20,22,23);1H. The van der Waals surface area contributed by atoms with Crippen molar-refractivity contribution in [2.24, 2.45) is 4.99 Å². The fourth-order valence-electron chi connectivity index (χ4n) is 2.01. The summed E-state index contributed by atoms with van der Waals surface area (Å²) >= 11 is 1.75. The lowest BCUT2D eigenvalue weighted by Crippen LogP contribution is -2.38. The topological polar surface area (TPSA) is 78.4 Å². The molecular formula is C17H24IN5OS. The van der Waals surface area contributed by atoms with E-state index in [0.717, 1.165) is 12.1 Å². The minimum atomic E-state index is -0.0804. The molecule has 2 aromatic heterocycles. The molecule has 136 valence electrons. The van der Waals surface area contributed by atoms with Gasteiger partial charge in [0.15, 0.2) is 5.96 Å². The summed E-state index contributed by atoms with van der Waals surface area (Å²) in [5, 5.41) is 9.14. The maximum atomic E-state index is 11.9. The summed E-state index contributed by atoms with van der Waals surface area (Å²) in [6.07, 6.45) is 2.07. The average Bonchev–Trinajstić information content (AvgIpc) is 2.98. The molecule has 0 spiro atoms. The fraction of sp³-hybridized carbons (Fsp3) is 0.353. The van der Waals surface area contributed by atoms with E-state index in [1.54, 1.807) is 30.6 Å². The van der Waals surface area contributed by atoms with Crippen molar-refractivity contribution in [2.75, 3.05) is 18.9 Å². The van der Waals surface area contributed by atoms with Crippen LogP contribution < -0.4 is 16.0 Å². The molecule has 2 rings (SSSR count). The number of halogens is 1. The SMILES string of the molecule is CN=C(NCCC(=O)Nc1ccc(C)cn1)NCc1ccc(C)s1.I.